The van der Waals surface area contributed by atoms with Crippen molar-refractivity contribution >= 4 is 29.5 Å². The van der Waals surface area contributed by atoms with Gasteiger partial charge in [-0.3, -0.25) is 19.4 Å². The first kappa shape index (κ1) is 25.5. The third kappa shape index (κ3) is 7.42. The fraction of sp³-hybridized carbons (Fsp3) is 0.375. The first-order valence-corrected chi connectivity index (χ1v) is 11.4. The van der Waals surface area contributed by atoms with Gasteiger partial charge in [0.25, 0.3) is 5.91 Å². The highest BCUT2D eigenvalue weighted by atomic mass is 16.5. The molecule has 0 saturated carbocycles. The number of carbonyl (C=O) groups excluding carboxylic acids is 3. The van der Waals surface area contributed by atoms with Gasteiger partial charge in [0.15, 0.2) is 0 Å². The van der Waals surface area contributed by atoms with E-state index in [1.807, 2.05) is 6.92 Å². The van der Waals surface area contributed by atoms with Crippen molar-refractivity contribution in [3.05, 3.63) is 53.9 Å². The van der Waals surface area contributed by atoms with Gasteiger partial charge in [-0.25, -0.2) is 4.79 Å². The number of amides is 4. The molecule has 0 radical (unpaired) electrons. The van der Waals surface area contributed by atoms with Crippen LogP contribution in [0.4, 0.5) is 10.5 Å². The Balaban J connectivity index is 1.68. The summed E-state index contributed by atoms with van der Waals surface area (Å²) in [5.74, 6) is -1.67. The molecule has 0 unspecified atom stereocenters. The zero-order chi connectivity index (χ0) is 25.2. The van der Waals surface area contributed by atoms with Gasteiger partial charge in [0.05, 0.1) is 31.1 Å². The van der Waals surface area contributed by atoms with E-state index < -0.39 is 23.8 Å². The molecule has 35 heavy (non-hydrogen) atoms. The topological polar surface area (TPSA) is 150 Å². The van der Waals surface area contributed by atoms with Crippen molar-refractivity contribution in [2.45, 2.75) is 32.2 Å². The number of nitrogens with one attached hydrogen (secondary N) is 3. The molecule has 0 aliphatic carbocycles. The van der Waals surface area contributed by atoms with Crippen LogP contribution < -0.4 is 20.7 Å². The van der Waals surface area contributed by atoms with Gasteiger partial charge in [-0.05, 0) is 36.2 Å². The number of aliphatic carboxylic acids is 1. The normalized spacial score (nSPS) is 13.6. The maximum atomic E-state index is 13.2. The number of rotatable bonds is 10. The second-order valence-electron chi connectivity index (χ2n) is 8.02. The van der Waals surface area contributed by atoms with Crippen molar-refractivity contribution in [2.24, 2.45) is 0 Å². The minimum Gasteiger partial charge on any atom is -0.491 e. The lowest BCUT2D eigenvalue weighted by Gasteiger charge is -2.22. The van der Waals surface area contributed by atoms with Crippen molar-refractivity contribution in [1.82, 2.24) is 20.5 Å². The van der Waals surface area contributed by atoms with Gasteiger partial charge >= 0.3 is 12.0 Å². The largest absolute Gasteiger partial charge is 0.491 e. The predicted molar refractivity (Wildman–Crippen MR) is 127 cm³/mol. The van der Waals surface area contributed by atoms with Crippen LogP contribution >= 0.6 is 0 Å². The zero-order valence-corrected chi connectivity index (χ0v) is 19.5. The number of ether oxygens (including phenoxy) is 1. The number of fused-ring (bicyclic) bond motifs is 1. The van der Waals surface area contributed by atoms with Crippen LogP contribution in [-0.4, -0.2) is 65.0 Å². The van der Waals surface area contributed by atoms with E-state index in [2.05, 4.69) is 20.9 Å². The van der Waals surface area contributed by atoms with E-state index in [9.17, 15) is 24.3 Å². The molecular weight excluding hydrogens is 454 g/mol. The van der Waals surface area contributed by atoms with E-state index in [1.165, 1.54) is 17.2 Å². The van der Waals surface area contributed by atoms with Gasteiger partial charge in [0.1, 0.15) is 12.4 Å². The minimum absolute atomic E-state index is 0.164. The maximum absolute atomic E-state index is 13.2. The van der Waals surface area contributed by atoms with E-state index in [1.54, 1.807) is 30.5 Å². The lowest BCUT2D eigenvalue weighted by molar-refractivity contribution is -0.137. The number of aromatic nitrogens is 1. The summed E-state index contributed by atoms with van der Waals surface area (Å²) in [6.07, 6.45) is 4.52. The molecule has 186 valence electrons. The van der Waals surface area contributed by atoms with E-state index in [4.69, 9.17) is 4.74 Å². The lowest BCUT2D eigenvalue weighted by Crippen LogP contribution is -2.43. The summed E-state index contributed by atoms with van der Waals surface area (Å²) < 4.78 is 5.66. The van der Waals surface area contributed by atoms with E-state index >= 15 is 0 Å². The molecule has 0 bridgehead atoms. The molecule has 3 rings (SSSR count). The van der Waals surface area contributed by atoms with Gasteiger partial charge in [-0.15, -0.1) is 0 Å². The summed E-state index contributed by atoms with van der Waals surface area (Å²) in [7, 11) is 0. The highest BCUT2D eigenvalue weighted by molar-refractivity contribution is 6.01. The van der Waals surface area contributed by atoms with E-state index in [0.717, 1.165) is 12.8 Å². The molecule has 11 nitrogen and oxygen atoms in total. The highest BCUT2D eigenvalue weighted by Crippen LogP contribution is 2.26. The first-order chi connectivity index (χ1) is 16.9. The van der Waals surface area contributed by atoms with Gasteiger partial charge < -0.3 is 30.7 Å². The third-order valence-corrected chi connectivity index (χ3v) is 5.32. The Morgan fingerprint density at radius 1 is 1.26 bits per heavy atom. The van der Waals surface area contributed by atoms with E-state index in [0.29, 0.717) is 23.5 Å². The van der Waals surface area contributed by atoms with Gasteiger partial charge in [0.2, 0.25) is 5.91 Å². The molecule has 1 atom stereocenters. The third-order valence-electron chi connectivity index (χ3n) is 5.32. The van der Waals surface area contributed by atoms with Crippen LogP contribution in [0.1, 0.15) is 48.1 Å². The molecule has 4 N–H and O–H groups in total. The van der Waals surface area contributed by atoms with Crippen LogP contribution in [0.2, 0.25) is 0 Å². The predicted octanol–water partition coefficient (Wildman–Crippen LogP) is 2.17. The van der Waals surface area contributed by atoms with E-state index in [-0.39, 0.29) is 37.7 Å². The number of hydrogen-bond acceptors (Lipinski definition) is 6. The maximum Gasteiger partial charge on any atom is 0.319 e. The number of carboxylic acid groups (broad SMARTS) is 1. The van der Waals surface area contributed by atoms with Crippen LogP contribution in [0.3, 0.4) is 0 Å². The smallest absolute Gasteiger partial charge is 0.319 e. The fourth-order valence-corrected chi connectivity index (χ4v) is 3.57. The SMILES string of the molecule is CCCCNC(=O)Nc1ccc2c(c1)C(=O)N(CC(=O)N[C@H](CC(=O)O)c1cccnc1)CCO2. The molecule has 0 spiro atoms. The average Bonchev–Trinajstić information content (AvgIpc) is 2.98. The molecule has 1 aromatic heterocycles. The summed E-state index contributed by atoms with van der Waals surface area (Å²) >= 11 is 0. The Hall–Kier alpha value is -4.15. The van der Waals surface area contributed by atoms with Gasteiger partial charge in [-0.1, -0.05) is 19.4 Å². The molecule has 1 aromatic carbocycles. The number of carbonyl (C=O) groups is 4. The first-order valence-electron chi connectivity index (χ1n) is 11.4. The number of unbranched alkanes of at least 4 members (excludes halogenated alkanes) is 1. The molecule has 11 heteroatoms. The number of urea groups is 1. The Kier molecular flexibility index (Phi) is 8.99. The highest BCUT2D eigenvalue weighted by Gasteiger charge is 2.27. The summed E-state index contributed by atoms with van der Waals surface area (Å²) in [6.45, 7) is 2.62. The van der Waals surface area contributed by atoms with Crippen LogP contribution in [0.25, 0.3) is 0 Å². The van der Waals surface area contributed by atoms with Crippen molar-refractivity contribution in [3.63, 3.8) is 0 Å². The molecule has 2 heterocycles. The molecule has 1 aliphatic heterocycles. The zero-order valence-electron chi connectivity index (χ0n) is 19.5. The quantitative estimate of drug-likeness (QED) is 0.378. The van der Waals surface area contributed by atoms with Crippen molar-refractivity contribution < 1.29 is 29.0 Å². The molecule has 0 saturated heterocycles. The van der Waals surface area contributed by atoms with Gasteiger partial charge in [0, 0.05) is 24.6 Å². The second-order valence-corrected chi connectivity index (χ2v) is 8.02. The van der Waals surface area contributed by atoms with Crippen LogP contribution in [0.15, 0.2) is 42.7 Å². The number of hydrogen-bond donors (Lipinski definition) is 4. The molecule has 4 amide bonds. The Labute approximate surface area is 202 Å². The number of anilines is 1. The Morgan fingerprint density at radius 3 is 2.80 bits per heavy atom. The van der Waals surface area contributed by atoms with Crippen molar-refractivity contribution in [3.8, 4) is 5.75 Å². The number of benzene rings is 1. The Bertz CT molecular complexity index is 1060. The van der Waals surface area contributed by atoms with Crippen LogP contribution in [0, 0.1) is 0 Å². The second kappa shape index (κ2) is 12.4. The average molecular weight is 484 g/mol. The number of carboxylic acids is 1. The summed E-state index contributed by atoms with van der Waals surface area (Å²) in [5.41, 5.74) is 1.18. The standard InChI is InChI=1S/C24H29N5O6/c1-2-3-9-26-24(34)27-17-6-7-20-18(12-17)23(33)29(10-11-35-20)15-21(30)28-19(13-22(31)32)16-5-4-8-25-14-16/h4-8,12,14,19H,2-3,9-11,13,15H2,1H3,(H,28,30)(H,31,32)(H2,26,27,34)/t19-/m1/s1. The summed E-state index contributed by atoms with van der Waals surface area (Å²) in [6, 6.07) is 6.91. The van der Waals surface area contributed by atoms with Crippen molar-refractivity contribution in [1.29, 1.82) is 0 Å². The molecule has 2 aromatic rings. The lowest BCUT2D eigenvalue weighted by atomic mass is 10.1. The summed E-state index contributed by atoms with van der Waals surface area (Å²) in [5, 5.41) is 17.3. The van der Waals surface area contributed by atoms with Crippen LogP contribution in [0.5, 0.6) is 5.75 Å². The molecule has 1 aliphatic rings. The monoisotopic (exact) mass is 483 g/mol. The minimum atomic E-state index is -1.08. The summed E-state index contributed by atoms with van der Waals surface area (Å²) in [4.78, 5) is 54.6. The Morgan fingerprint density at radius 2 is 2.09 bits per heavy atom. The van der Waals surface area contributed by atoms with Crippen molar-refractivity contribution in [2.75, 3.05) is 31.6 Å². The number of pyridine rings is 1. The molecular formula is C24H29N5O6. The van der Waals surface area contributed by atoms with Crippen LogP contribution in [-0.2, 0) is 9.59 Å². The van der Waals surface area contributed by atoms with Gasteiger partial charge in [-0.2, -0.15) is 0 Å². The fourth-order valence-electron chi connectivity index (χ4n) is 3.57. The number of nitrogens with zero attached hydrogens (tertiary/aromatic N) is 2. The molecule has 0 fully saturated rings.